The van der Waals surface area contributed by atoms with Crippen molar-refractivity contribution in [2.45, 2.75) is 440 Å². The molecule has 2 nitrogen and oxygen atoms in total. The van der Waals surface area contributed by atoms with Crippen molar-refractivity contribution in [1.82, 2.24) is 0 Å². The Morgan fingerprint density at radius 3 is 0.486 bits per heavy atom. The molecule has 0 aromatic rings. The van der Waals surface area contributed by atoms with Gasteiger partial charge in [0.1, 0.15) is 0 Å². The summed E-state index contributed by atoms with van der Waals surface area (Å²) in [6.45, 7) is 24.8. The second-order valence-corrected chi connectivity index (χ2v) is 26.5. The van der Waals surface area contributed by atoms with E-state index in [2.05, 4.69) is 69.2 Å². The van der Waals surface area contributed by atoms with E-state index in [1.165, 1.54) is 360 Å². The highest BCUT2D eigenvalue weighted by Crippen LogP contribution is 2.46. The number of hydrogen-bond acceptors (Lipinski definition) is 2. The van der Waals surface area contributed by atoms with Crippen molar-refractivity contribution in [3.8, 4) is 0 Å². The lowest BCUT2D eigenvalue weighted by Gasteiger charge is -2.40. The summed E-state index contributed by atoms with van der Waals surface area (Å²) < 4.78 is 0. The van der Waals surface area contributed by atoms with E-state index >= 15 is 0 Å². The normalized spacial score (nSPS) is 14.2. The van der Waals surface area contributed by atoms with Gasteiger partial charge in [0.15, 0.2) is 0 Å². The van der Waals surface area contributed by atoms with Crippen molar-refractivity contribution < 1.29 is 0 Å². The maximum Gasteiger partial charge on any atom is 0.0793 e. The molecule has 0 N–H and O–H groups in total. The molecule has 0 bridgehead atoms. The fourth-order valence-electron chi connectivity index (χ4n) is 13.1. The SMILES string of the molecule is CCCCCCCCCCC(C)(CCCCCCCCCC)CC(C)(CCCCCCCCCC)N=NC(C)(CCCCCCCCCC)CC(C)(CCCCCCCCCC)CCCCCCCCCC. The van der Waals surface area contributed by atoms with Gasteiger partial charge in [-0.15, -0.1) is 0 Å². The van der Waals surface area contributed by atoms with Crippen molar-refractivity contribution in [3.05, 3.63) is 0 Å². The van der Waals surface area contributed by atoms with Gasteiger partial charge in [0.25, 0.3) is 0 Å². The summed E-state index contributed by atoms with van der Waals surface area (Å²) in [4.78, 5) is 0. The van der Waals surface area contributed by atoms with E-state index in [-0.39, 0.29) is 11.1 Å². The first-order valence-electron chi connectivity index (χ1n) is 34.4. The number of nitrogens with zero attached hydrogens (tertiary/aromatic N) is 2. The largest absolute Gasteiger partial charge is 0.187 e. The van der Waals surface area contributed by atoms with Crippen molar-refractivity contribution >= 4 is 0 Å². The molecule has 2 unspecified atom stereocenters. The van der Waals surface area contributed by atoms with Crippen LogP contribution in [0, 0.1) is 10.8 Å². The molecule has 0 radical (unpaired) electrons. The Morgan fingerprint density at radius 1 is 0.181 bits per heavy atom. The van der Waals surface area contributed by atoms with Crippen LogP contribution in [0.25, 0.3) is 0 Å². The molecule has 0 rings (SSSR count). The topological polar surface area (TPSA) is 24.7 Å². The van der Waals surface area contributed by atoms with Gasteiger partial charge in [-0.3, -0.25) is 0 Å². The van der Waals surface area contributed by atoms with Gasteiger partial charge in [-0.25, -0.2) is 0 Å². The number of unbranched alkanes of at least 4 members (excludes halogenated alkanes) is 42. The maximum absolute atomic E-state index is 5.89. The first-order valence-corrected chi connectivity index (χ1v) is 34.4. The number of rotatable bonds is 60. The Labute approximate surface area is 458 Å². The third-order valence-corrected chi connectivity index (χ3v) is 17.8. The van der Waals surface area contributed by atoms with Crippen LogP contribution in [0.5, 0.6) is 0 Å². The zero-order valence-corrected chi connectivity index (χ0v) is 52.5. The third kappa shape index (κ3) is 45.8. The van der Waals surface area contributed by atoms with E-state index < -0.39 is 0 Å². The predicted molar refractivity (Wildman–Crippen MR) is 330 cm³/mol. The second-order valence-electron chi connectivity index (χ2n) is 26.5. The Morgan fingerprint density at radius 2 is 0.319 bits per heavy atom. The summed E-state index contributed by atoms with van der Waals surface area (Å²) in [5, 5.41) is 11.8. The average molecular weight is 1010 g/mol. The maximum atomic E-state index is 5.89. The van der Waals surface area contributed by atoms with Crippen LogP contribution >= 0.6 is 0 Å². The van der Waals surface area contributed by atoms with Crippen LogP contribution in [0.3, 0.4) is 0 Å². The lowest BCUT2D eigenvalue weighted by molar-refractivity contribution is 0.147. The molecule has 0 aliphatic heterocycles. The molecule has 432 valence electrons. The minimum Gasteiger partial charge on any atom is -0.187 e. The molecule has 0 saturated heterocycles. The van der Waals surface area contributed by atoms with Crippen LogP contribution in [0.1, 0.15) is 429 Å². The number of azo groups is 1. The monoisotopic (exact) mass is 1010 g/mol. The summed E-state index contributed by atoms with van der Waals surface area (Å²) in [7, 11) is 0. The van der Waals surface area contributed by atoms with Crippen molar-refractivity contribution in [2.24, 2.45) is 21.1 Å². The van der Waals surface area contributed by atoms with E-state index in [1.54, 1.807) is 0 Å². The Kier molecular flexibility index (Phi) is 51.1. The first kappa shape index (κ1) is 71.6. The van der Waals surface area contributed by atoms with E-state index in [0.717, 1.165) is 0 Å². The summed E-state index contributed by atoms with van der Waals surface area (Å²) in [5.74, 6) is 0. The van der Waals surface area contributed by atoms with Crippen LogP contribution in [-0.2, 0) is 0 Å². The average Bonchev–Trinajstić information content (AvgIpc) is 3.36. The molecule has 0 aromatic carbocycles. The molecule has 0 spiro atoms. The minimum absolute atomic E-state index is 0.0796. The summed E-state index contributed by atoms with van der Waals surface area (Å²) in [6, 6.07) is 0. The highest BCUT2D eigenvalue weighted by Gasteiger charge is 2.38. The van der Waals surface area contributed by atoms with Gasteiger partial charge in [0, 0.05) is 0 Å². The van der Waals surface area contributed by atoms with Gasteiger partial charge < -0.3 is 0 Å². The standard InChI is InChI=1S/C70H142N2/c1-11-17-23-29-35-41-47-53-59-67(7,60-54-48-42-36-30-24-18-12-2)65-69(9,63-57-51-45-39-33-27-21-15-5)71-72-70(10,64-58-52-46-40-34-28-22-16-6)66-68(8,61-55-49-43-37-31-25-19-13-3)62-56-50-44-38-32-26-20-14-4/h11-66H2,1-10H3. The molecule has 0 amide bonds. The van der Waals surface area contributed by atoms with Crippen LogP contribution in [0.15, 0.2) is 10.2 Å². The van der Waals surface area contributed by atoms with Crippen molar-refractivity contribution in [3.63, 3.8) is 0 Å². The van der Waals surface area contributed by atoms with Gasteiger partial charge in [-0.2, -0.15) is 10.2 Å². The van der Waals surface area contributed by atoms with E-state index in [1.807, 2.05) is 0 Å². The molecule has 0 aromatic heterocycles. The van der Waals surface area contributed by atoms with Gasteiger partial charge >= 0.3 is 0 Å². The van der Waals surface area contributed by atoms with Crippen molar-refractivity contribution in [2.75, 3.05) is 0 Å². The van der Waals surface area contributed by atoms with Gasteiger partial charge in [-0.1, -0.05) is 364 Å². The Balaban J connectivity index is 6.76. The zero-order valence-electron chi connectivity index (χ0n) is 52.5. The van der Waals surface area contributed by atoms with Crippen LogP contribution < -0.4 is 0 Å². The van der Waals surface area contributed by atoms with E-state index in [9.17, 15) is 0 Å². The fraction of sp³-hybridized carbons (Fsp3) is 1.00. The smallest absolute Gasteiger partial charge is 0.0793 e. The first-order chi connectivity index (χ1) is 35.0. The summed E-state index contributed by atoms with van der Waals surface area (Å²) in [6.07, 6.45) is 77.9. The van der Waals surface area contributed by atoms with Crippen LogP contribution in [0.4, 0.5) is 0 Å². The minimum atomic E-state index is -0.0796. The predicted octanol–water partition coefficient (Wildman–Crippen LogP) is 26.9. The highest BCUT2D eigenvalue weighted by molar-refractivity contribution is 4.95. The van der Waals surface area contributed by atoms with Gasteiger partial charge in [0.05, 0.1) is 11.1 Å². The highest BCUT2D eigenvalue weighted by atomic mass is 15.2. The van der Waals surface area contributed by atoms with Gasteiger partial charge in [0.2, 0.25) is 0 Å². The molecule has 0 fully saturated rings. The zero-order chi connectivity index (χ0) is 53.0. The summed E-state index contributed by atoms with van der Waals surface area (Å²) in [5.41, 5.74) is 0.524. The Hall–Kier alpha value is -0.400. The van der Waals surface area contributed by atoms with E-state index in [4.69, 9.17) is 10.2 Å². The van der Waals surface area contributed by atoms with Gasteiger partial charge in [-0.05, 0) is 76.0 Å². The molecular formula is C70H142N2. The van der Waals surface area contributed by atoms with Crippen molar-refractivity contribution in [1.29, 1.82) is 0 Å². The third-order valence-electron chi connectivity index (χ3n) is 17.8. The molecule has 72 heavy (non-hydrogen) atoms. The lowest BCUT2D eigenvalue weighted by atomic mass is 9.69. The summed E-state index contributed by atoms with van der Waals surface area (Å²) >= 11 is 0. The molecule has 2 heteroatoms. The van der Waals surface area contributed by atoms with Crippen LogP contribution in [-0.4, -0.2) is 11.1 Å². The molecule has 0 aliphatic carbocycles. The van der Waals surface area contributed by atoms with Crippen LogP contribution in [0.2, 0.25) is 0 Å². The molecule has 0 heterocycles. The molecular weight excluding hydrogens is 869 g/mol. The number of hydrogen-bond donors (Lipinski definition) is 0. The second kappa shape index (κ2) is 51.4. The molecule has 2 atom stereocenters. The Bertz CT molecular complexity index is 971. The molecule has 0 saturated carbocycles. The fourth-order valence-corrected chi connectivity index (χ4v) is 13.1. The molecule has 0 aliphatic rings. The van der Waals surface area contributed by atoms with E-state index in [0.29, 0.717) is 10.8 Å². The quantitative estimate of drug-likeness (QED) is 0.0428. The lowest BCUT2D eigenvalue weighted by Crippen LogP contribution is -2.35.